The number of benzene rings is 1. The molecule has 1 aromatic carbocycles. The first kappa shape index (κ1) is 18.2. The van der Waals surface area contributed by atoms with Crippen LogP contribution in [0.15, 0.2) is 24.3 Å². The van der Waals surface area contributed by atoms with E-state index < -0.39 is 0 Å². The summed E-state index contributed by atoms with van der Waals surface area (Å²) in [6.45, 7) is 7.66. The van der Waals surface area contributed by atoms with Crippen molar-refractivity contribution < 1.29 is 4.39 Å². The zero-order valence-electron chi connectivity index (χ0n) is 13.9. The fraction of sp³-hybridized carbons (Fsp3) is 0.684. The topological polar surface area (TPSA) is 3.24 Å². The van der Waals surface area contributed by atoms with E-state index in [-0.39, 0.29) is 5.82 Å². The van der Waals surface area contributed by atoms with Gasteiger partial charge in [-0.25, -0.2) is 4.39 Å². The van der Waals surface area contributed by atoms with Gasteiger partial charge in [0.05, 0.1) is 0 Å². The quantitative estimate of drug-likeness (QED) is 0.441. The second kappa shape index (κ2) is 11.7. The summed E-state index contributed by atoms with van der Waals surface area (Å²) in [5.74, 6) is -0.121. The lowest BCUT2D eigenvalue weighted by atomic mass is 10.1. The summed E-state index contributed by atoms with van der Waals surface area (Å²) >= 11 is 0. The van der Waals surface area contributed by atoms with Crippen LogP contribution in [0.2, 0.25) is 0 Å². The lowest BCUT2D eigenvalue weighted by Crippen LogP contribution is -2.25. The summed E-state index contributed by atoms with van der Waals surface area (Å²) < 4.78 is 13.3. The maximum Gasteiger partial charge on any atom is 0.123 e. The minimum Gasteiger partial charge on any atom is -0.299 e. The highest BCUT2D eigenvalue weighted by Gasteiger charge is 2.06. The number of hydrogen-bond donors (Lipinski definition) is 0. The van der Waals surface area contributed by atoms with Gasteiger partial charge < -0.3 is 0 Å². The molecule has 0 bridgehead atoms. The van der Waals surface area contributed by atoms with E-state index in [4.69, 9.17) is 0 Å². The molecule has 0 aliphatic carbocycles. The van der Waals surface area contributed by atoms with Crippen molar-refractivity contribution in [2.45, 2.75) is 71.8 Å². The highest BCUT2D eigenvalue weighted by molar-refractivity contribution is 5.16. The molecule has 21 heavy (non-hydrogen) atoms. The molecular formula is C19H32FN. The molecule has 0 fully saturated rings. The summed E-state index contributed by atoms with van der Waals surface area (Å²) in [7, 11) is 0. The number of hydrogen-bond acceptors (Lipinski definition) is 1. The Bertz CT molecular complexity index is 352. The third-order valence-corrected chi connectivity index (χ3v) is 3.95. The van der Waals surface area contributed by atoms with E-state index in [0.717, 1.165) is 25.2 Å². The lowest BCUT2D eigenvalue weighted by molar-refractivity contribution is 0.252. The van der Waals surface area contributed by atoms with Gasteiger partial charge in [0.2, 0.25) is 0 Å². The van der Waals surface area contributed by atoms with Crippen molar-refractivity contribution in [1.29, 1.82) is 0 Å². The second-order valence-electron chi connectivity index (χ2n) is 6.03. The van der Waals surface area contributed by atoms with Gasteiger partial charge in [-0.05, 0) is 43.6 Å². The summed E-state index contributed by atoms with van der Waals surface area (Å²) in [6, 6.07) is 7.05. The van der Waals surface area contributed by atoms with Crippen molar-refractivity contribution in [2.24, 2.45) is 0 Å². The number of halogens is 1. The summed E-state index contributed by atoms with van der Waals surface area (Å²) in [5, 5.41) is 0. The van der Waals surface area contributed by atoms with E-state index in [1.165, 1.54) is 57.4 Å². The van der Waals surface area contributed by atoms with E-state index in [1.54, 1.807) is 6.07 Å². The van der Waals surface area contributed by atoms with Crippen molar-refractivity contribution in [3.8, 4) is 0 Å². The monoisotopic (exact) mass is 293 g/mol. The van der Waals surface area contributed by atoms with Gasteiger partial charge in [0.1, 0.15) is 5.82 Å². The van der Waals surface area contributed by atoms with Gasteiger partial charge in [-0.2, -0.15) is 0 Å². The Morgan fingerprint density at radius 3 is 2.00 bits per heavy atom. The molecule has 0 aliphatic rings. The van der Waals surface area contributed by atoms with Crippen LogP contribution >= 0.6 is 0 Å². The maximum absolute atomic E-state index is 13.3. The molecular weight excluding hydrogens is 261 g/mol. The predicted octanol–water partition coefficient (Wildman–Crippen LogP) is 5.79. The zero-order chi connectivity index (χ0) is 15.3. The second-order valence-corrected chi connectivity index (χ2v) is 6.03. The van der Waals surface area contributed by atoms with Gasteiger partial charge >= 0.3 is 0 Å². The van der Waals surface area contributed by atoms with Crippen LogP contribution in [0.25, 0.3) is 0 Å². The first-order chi connectivity index (χ1) is 10.3. The number of nitrogens with zero attached hydrogens (tertiary/aromatic N) is 1. The molecule has 0 saturated carbocycles. The summed E-state index contributed by atoms with van der Waals surface area (Å²) in [4.78, 5) is 2.50. The van der Waals surface area contributed by atoms with E-state index in [2.05, 4.69) is 18.7 Å². The van der Waals surface area contributed by atoms with Crippen molar-refractivity contribution >= 4 is 0 Å². The van der Waals surface area contributed by atoms with Crippen LogP contribution in [-0.2, 0) is 6.54 Å². The van der Waals surface area contributed by atoms with Crippen molar-refractivity contribution in [2.75, 3.05) is 13.1 Å². The van der Waals surface area contributed by atoms with E-state index in [1.807, 2.05) is 12.1 Å². The van der Waals surface area contributed by atoms with Gasteiger partial charge in [0.15, 0.2) is 0 Å². The van der Waals surface area contributed by atoms with Crippen LogP contribution in [-0.4, -0.2) is 18.0 Å². The molecule has 1 nitrogen and oxygen atoms in total. The molecule has 120 valence electrons. The first-order valence-electron chi connectivity index (χ1n) is 8.73. The molecule has 1 aromatic rings. The van der Waals surface area contributed by atoms with Crippen LogP contribution in [0.5, 0.6) is 0 Å². The minimum atomic E-state index is -0.121. The predicted molar refractivity (Wildman–Crippen MR) is 90.0 cm³/mol. The van der Waals surface area contributed by atoms with Gasteiger partial charge in [-0.3, -0.25) is 4.90 Å². The number of rotatable bonds is 12. The molecule has 0 aromatic heterocycles. The molecule has 0 amide bonds. The van der Waals surface area contributed by atoms with Gasteiger partial charge in [-0.15, -0.1) is 0 Å². The maximum atomic E-state index is 13.3. The molecule has 0 N–H and O–H groups in total. The Morgan fingerprint density at radius 2 is 1.48 bits per heavy atom. The minimum absolute atomic E-state index is 0.121. The van der Waals surface area contributed by atoms with Crippen molar-refractivity contribution in [3.63, 3.8) is 0 Å². The van der Waals surface area contributed by atoms with Crippen LogP contribution in [0.1, 0.15) is 70.8 Å². The molecule has 0 saturated heterocycles. The average Bonchev–Trinajstić information content (AvgIpc) is 2.48. The van der Waals surface area contributed by atoms with Crippen LogP contribution in [0.3, 0.4) is 0 Å². The SMILES string of the molecule is CCCCCCN(CCCCCC)Cc1cccc(F)c1. The Labute approximate surface area is 130 Å². The fourth-order valence-corrected chi connectivity index (χ4v) is 2.69. The Hall–Kier alpha value is -0.890. The van der Waals surface area contributed by atoms with E-state index in [9.17, 15) is 4.39 Å². The molecule has 1 rings (SSSR count). The lowest BCUT2D eigenvalue weighted by Gasteiger charge is -2.22. The van der Waals surface area contributed by atoms with Gasteiger partial charge in [-0.1, -0.05) is 64.5 Å². The van der Waals surface area contributed by atoms with Crippen LogP contribution in [0, 0.1) is 5.82 Å². The van der Waals surface area contributed by atoms with Crippen molar-refractivity contribution in [3.05, 3.63) is 35.6 Å². The fourth-order valence-electron chi connectivity index (χ4n) is 2.69. The van der Waals surface area contributed by atoms with Crippen molar-refractivity contribution in [1.82, 2.24) is 4.90 Å². The molecule has 0 spiro atoms. The van der Waals surface area contributed by atoms with Gasteiger partial charge in [0, 0.05) is 6.54 Å². The largest absolute Gasteiger partial charge is 0.299 e. The van der Waals surface area contributed by atoms with E-state index in [0.29, 0.717) is 0 Å². The highest BCUT2D eigenvalue weighted by Crippen LogP contribution is 2.11. The third kappa shape index (κ3) is 8.87. The molecule has 2 heteroatoms. The molecule has 0 unspecified atom stereocenters. The third-order valence-electron chi connectivity index (χ3n) is 3.95. The van der Waals surface area contributed by atoms with Crippen LogP contribution in [0.4, 0.5) is 4.39 Å². The Kier molecular flexibility index (Phi) is 10.1. The van der Waals surface area contributed by atoms with Crippen LogP contribution < -0.4 is 0 Å². The molecule has 0 radical (unpaired) electrons. The molecule has 0 atom stereocenters. The zero-order valence-corrected chi connectivity index (χ0v) is 13.9. The normalized spacial score (nSPS) is 11.2. The molecule has 0 aliphatic heterocycles. The summed E-state index contributed by atoms with van der Waals surface area (Å²) in [6.07, 6.45) is 10.3. The standard InChI is InChI=1S/C19H32FN/c1-3-5-7-9-14-21(15-10-8-6-4-2)17-18-12-11-13-19(20)16-18/h11-13,16H,3-10,14-15,17H2,1-2H3. The first-order valence-corrected chi connectivity index (χ1v) is 8.73. The van der Waals surface area contributed by atoms with Gasteiger partial charge in [0.25, 0.3) is 0 Å². The Balaban J connectivity index is 2.41. The molecule has 0 heterocycles. The highest BCUT2D eigenvalue weighted by atomic mass is 19.1. The summed E-state index contributed by atoms with van der Waals surface area (Å²) in [5.41, 5.74) is 1.10. The van der Waals surface area contributed by atoms with E-state index >= 15 is 0 Å². The smallest absolute Gasteiger partial charge is 0.123 e. The Morgan fingerprint density at radius 1 is 0.857 bits per heavy atom. The average molecular weight is 293 g/mol. The number of unbranched alkanes of at least 4 members (excludes halogenated alkanes) is 6.